The summed E-state index contributed by atoms with van der Waals surface area (Å²) in [5.41, 5.74) is 0.651. The van der Waals surface area contributed by atoms with Crippen molar-refractivity contribution in [3.8, 4) is 0 Å². The lowest BCUT2D eigenvalue weighted by Gasteiger charge is -2.08. The second-order valence-electron chi connectivity index (χ2n) is 4.44. The Hall–Kier alpha value is -1.48. The van der Waals surface area contributed by atoms with E-state index in [2.05, 4.69) is 30.8 Å². The molecule has 0 amide bonds. The summed E-state index contributed by atoms with van der Waals surface area (Å²) >= 11 is 9.23. The van der Waals surface area contributed by atoms with Crippen molar-refractivity contribution in [3.63, 3.8) is 0 Å². The van der Waals surface area contributed by atoms with Crippen molar-refractivity contribution in [3.05, 3.63) is 57.9 Å². The highest BCUT2D eigenvalue weighted by Gasteiger charge is 2.19. The first-order valence-corrected chi connectivity index (χ1v) is 8.86. The first kappa shape index (κ1) is 15.4. The summed E-state index contributed by atoms with van der Waals surface area (Å²) < 4.78 is 29.6. The Bertz CT molecular complexity index is 942. The fraction of sp³-hybridized carbons (Fsp3) is 0.0769. The predicted octanol–water partition coefficient (Wildman–Crippen LogP) is 2.62. The van der Waals surface area contributed by atoms with E-state index in [0.717, 1.165) is 0 Å². The van der Waals surface area contributed by atoms with Gasteiger partial charge in [0.15, 0.2) is 11.5 Å². The molecular formula is C13H10BrClN4O2S. The van der Waals surface area contributed by atoms with Gasteiger partial charge < -0.3 is 0 Å². The largest absolute Gasteiger partial charge is 0.285 e. The minimum absolute atomic E-state index is 0.0138. The van der Waals surface area contributed by atoms with Gasteiger partial charge in [-0.05, 0) is 30.3 Å². The zero-order valence-corrected chi connectivity index (χ0v) is 14.2. The highest BCUT2D eigenvalue weighted by atomic mass is 79.9. The third kappa shape index (κ3) is 3.00. The number of halogens is 2. The summed E-state index contributed by atoms with van der Waals surface area (Å²) in [7, 11) is -3.74. The number of hydrogen-bond donors (Lipinski definition) is 1. The lowest BCUT2D eigenvalue weighted by atomic mass is 10.4. The van der Waals surface area contributed by atoms with Gasteiger partial charge in [-0.3, -0.25) is 4.40 Å². The smallest absolute Gasteiger partial charge is 0.242 e. The van der Waals surface area contributed by atoms with Crippen molar-refractivity contribution < 1.29 is 8.42 Å². The van der Waals surface area contributed by atoms with Crippen molar-refractivity contribution >= 4 is 43.2 Å². The minimum atomic E-state index is -3.74. The quantitative estimate of drug-likeness (QED) is 0.729. The first-order chi connectivity index (χ1) is 10.5. The molecule has 0 aliphatic rings. The van der Waals surface area contributed by atoms with Gasteiger partial charge in [0.05, 0.1) is 11.6 Å². The van der Waals surface area contributed by atoms with Crippen LogP contribution in [0.3, 0.4) is 0 Å². The highest BCUT2D eigenvalue weighted by Crippen LogP contribution is 2.25. The predicted molar refractivity (Wildman–Crippen MR) is 86.2 cm³/mol. The van der Waals surface area contributed by atoms with Crippen molar-refractivity contribution in [1.82, 2.24) is 19.3 Å². The van der Waals surface area contributed by atoms with Crippen LogP contribution in [0.2, 0.25) is 5.02 Å². The van der Waals surface area contributed by atoms with Crippen LogP contribution < -0.4 is 4.72 Å². The van der Waals surface area contributed by atoms with Crippen LogP contribution in [0.15, 0.2) is 52.0 Å². The molecule has 0 aliphatic heterocycles. The third-order valence-corrected chi connectivity index (χ3v) is 5.37. The maximum atomic E-state index is 12.3. The normalized spacial score (nSPS) is 11.9. The van der Waals surface area contributed by atoms with Gasteiger partial charge in [0, 0.05) is 10.7 Å². The van der Waals surface area contributed by atoms with E-state index in [-0.39, 0.29) is 16.5 Å². The Labute approximate surface area is 140 Å². The SMILES string of the molecule is O=S(=O)(NCc1nnc2ccccn12)c1ccc(Br)cc1Cl. The van der Waals surface area contributed by atoms with E-state index in [1.54, 1.807) is 22.7 Å². The van der Waals surface area contributed by atoms with Gasteiger partial charge in [0.2, 0.25) is 10.0 Å². The standard InChI is InChI=1S/C13H10BrClN4O2S/c14-9-4-5-11(10(15)7-9)22(20,21)16-8-13-18-17-12-3-1-2-6-19(12)13/h1-7,16H,8H2. The first-order valence-electron chi connectivity index (χ1n) is 6.21. The Balaban J connectivity index is 1.86. The summed E-state index contributed by atoms with van der Waals surface area (Å²) in [5, 5.41) is 8.09. The van der Waals surface area contributed by atoms with Crippen LogP contribution in [0, 0.1) is 0 Å². The lowest BCUT2D eigenvalue weighted by Crippen LogP contribution is -2.24. The molecule has 9 heteroatoms. The second kappa shape index (κ2) is 5.96. The fourth-order valence-electron chi connectivity index (χ4n) is 1.94. The van der Waals surface area contributed by atoms with Gasteiger partial charge in [0.1, 0.15) is 4.90 Å². The molecule has 6 nitrogen and oxygen atoms in total. The molecular weight excluding hydrogens is 392 g/mol. The van der Waals surface area contributed by atoms with E-state index in [0.29, 0.717) is 15.9 Å². The molecule has 2 heterocycles. The minimum Gasteiger partial charge on any atom is -0.285 e. The van der Waals surface area contributed by atoms with Crippen LogP contribution in [0.1, 0.15) is 5.82 Å². The zero-order chi connectivity index (χ0) is 15.7. The molecule has 114 valence electrons. The van der Waals surface area contributed by atoms with Gasteiger partial charge in [-0.2, -0.15) is 0 Å². The number of fused-ring (bicyclic) bond motifs is 1. The number of rotatable bonds is 4. The number of hydrogen-bond acceptors (Lipinski definition) is 4. The van der Waals surface area contributed by atoms with Crippen LogP contribution in [-0.2, 0) is 16.6 Å². The Morgan fingerprint density at radius 1 is 1.23 bits per heavy atom. The number of sulfonamides is 1. The van der Waals surface area contributed by atoms with E-state index >= 15 is 0 Å². The number of nitrogens with one attached hydrogen (secondary N) is 1. The van der Waals surface area contributed by atoms with Gasteiger partial charge >= 0.3 is 0 Å². The van der Waals surface area contributed by atoms with Crippen LogP contribution in [0.25, 0.3) is 5.65 Å². The highest BCUT2D eigenvalue weighted by molar-refractivity contribution is 9.10. The molecule has 22 heavy (non-hydrogen) atoms. The molecule has 0 radical (unpaired) electrons. The van der Waals surface area contributed by atoms with E-state index in [9.17, 15) is 8.42 Å². The molecule has 0 saturated carbocycles. The van der Waals surface area contributed by atoms with Crippen molar-refractivity contribution in [2.45, 2.75) is 11.4 Å². The van der Waals surface area contributed by atoms with Gasteiger partial charge in [0.25, 0.3) is 0 Å². The summed E-state index contributed by atoms with van der Waals surface area (Å²) in [6.07, 6.45) is 1.77. The Kier molecular flexibility index (Phi) is 4.18. The molecule has 0 unspecified atom stereocenters. The van der Waals surface area contributed by atoms with Crippen LogP contribution in [0.5, 0.6) is 0 Å². The van der Waals surface area contributed by atoms with Gasteiger partial charge in [-0.1, -0.05) is 33.6 Å². The lowest BCUT2D eigenvalue weighted by molar-refractivity contribution is 0.579. The van der Waals surface area contributed by atoms with Gasteiger partial charge in [-0.15, -0.1) is 10.2 Å². The van der Waals surface area contributed by atoms with Crippen molar-refractivity contribution in [2.24, 2.45) is 0 Å². The molecule has 1 N–H and O–H groups in total. The van der Waals surface area contributed by atoms with Crippen LogP contribution in [-0.4, -0.2) is 23.0 Å². The molecule has 1 aromatic carbocycles. The molecule has 0 spiro atoms. The average molecular weight is 402 g/mol. The van der Waals surface area contributed by atoms with E-state index in [4.69, 9.17) is 11.6 Å². The maximum absolute atomic E-state index is 12.3. The summed E-state index contributed by atoms with van der Waals surface area (Å²) in [5.74, 6) is 0.493. The third-order valence-electron chi connectivity index (χ3n) is 2.99. The van der Waals surface area contributed by atoms with Crippen LogP contribution >= 0.6 is 27.5 Å². The van der Waals surface area contributed by atoms with Crippen LogP contribution in [0.4, 0.5) is 0 Å². The summed E-state index contributed by atoms with van der Waals surface area (Å²) in [4.78, 5) is 0.0196. The second-order valence-corrected chi connectivity index (χ2v) is 7.50. The molecule has 0 saturated heterocycles. The summed E-state index contributed by atoms with van der Waals surface area (Å²) in [6, 6.07) is 10.0. The van der Waals surface area contributed by atoms with E-state index < -0.39 is 10.0 Å². The monoisotopic (exact) mass is 400 g/mol. The number of nitrogens with zero attached hydrogens (tertiary/aromatic N) is 3. The molecule has 3 aromatic rings. The molecule has 0 fully saturated rings. The number of benzene rings is 1. The molecule has 0 atom stereocenters. The zero-order valence-electron chi connectivity index (χ0n) is 11.1. The van der Waals surface area contributed by atoms with Crippen molar-refractivity contribution in [2.75, 3.05) is 0 Å². The molecule has 3 rings (SSSR count). The molecule has 0 aliphatic carbocycles. The van der Waals surface area contributed by atoms with E-state index in [1.807, 2.05) is 12.1 Å². The number of aromatic nitrogens is 3. The molecule has 2 aromatic heterocycles. The molecule has 0 bridgehead atoms. The van der Waals surface area contributed by atoms with Gasteiger partial charge in [-0.25, -0.2) is 13.1 Å². The summed E-state index contributed by atoms with van der Waals surface area (Å²) in [6.45, 7) is 0.0138. The Morgan fingerprint density at radius 3 is 2.82 bits per heavy atom. The topological polar surface area (TPSA) is 76.4 Å². The van der Waals surface area contributed by atoms with E-state index in [1.165, 1.54) is 12.1 Å². The van der Waals surface area contributed by atoms with Crippen molar-refractivity contribution in [1.29, 1.82) is 0 Å². The fourth-order valence-corrected chi connectivity index (χ4v) is 3.96. The number of pyridine rings is 1. The Morgan fingerprint density at radius 2 is 2.05 bits per heavy atom. The maximum Gasteiger partial charge on any atom is 0.242 e. The average Bonchev–Trinajstić information content (AvgIpc) is 2.88.